The first-order chi connectivity index (χ1) is 10.3. The van der Waals surface area contributed by atoms with E-state index in [9.17, 15) is 4.79 Å². The summed E-state index contributed by atoms with van der Waals surface area (Å²) < 4.78 is 2.00. The maximum atomic E-state index is 12.1. The highest BCUT2D eigenvalue weighted by molar-refractivity contribution is 5.96. The number of aryl methyl sites for hydroxylation is 1. The van der Waals surface area contributed by atoms with Crippen LogP contribution < -0.4 is 16.0 Å². The molecule has 0 unspecified atom stereocenters. The Morgan fingerprint density at radius 1 is 1.29 bits per heavy atom. The highest BCUT2D eigenvalue weighted by atomic mass is 16.1. The van der Waals surface area contributed by atoms with Crippen molar-refractivity contribution in [2.45, 2.75) is 13.0 Å². The molecule has 6 nitrogen and oxygen atoms in total. The van der Waals surface area contributed by atoms with Gasteiger partial charge in [0.15, 0.2) is 0 Å². The van der Waals surface area contributed by atoms with Gasteiger partial charge in [-0.05, 0) is 24.6 Å². The van der Waals surface area contributed by atoms with Crippen LogP contribution in [-0.4, -0.2) is 35.1 Å². The second-order valence-electron chi connectivity index (χ2n) is 5.02. The Morgan fingerprint density at radius 2 is 2.14 bits per heavy atom. The molecule has 3 rings (SSSR count). The van der Waals surface area contributed by atoms with Crippen molar-refractivity contribution in [3.8, 4) is 0 Å². The van der Waals surface area contributed by atoms with E-state index in [1.807, 2.05) is 29.0 Å². The zero-order valence-electron chi connectivity index (χ0n) is 11.8. The van der Waals surface area contributed by atoms with Gasteiger partial charge in [-0.2, -0.15) is 0 Å². The van der Waals surface area contributed by atoms with Gasteiger partial charge in [0, 0.05) is 44.1 Å². The molecule has 1 aliphatic heterocycles. The molecule has 0 fully saturated rings. The number of hydrogen-bond acceptors (Lipinski definition) is 4. The number of carbonyl (C=O) groups excluding carboxylic acids is 1. The number of nitrogens with one attached hydrogen (secondary N) is 3. The number of fused-ring (bicyclic) bond motifs is 1. The number of rotatable bonds is 5. The van der Waals surface area contributed by atoms with Crippen LogP contribution in [0.1, 0.15) is 16.8 Å². The molecule has 1 aromatic heterocycles. The minimum Gasteiger partial charge on any atom is -0.382 e. The predicted molar refractivity (Wildman–Crippen MR) is 82.6 cm³/mol. The topological polar surface area (TPSA) is 71.0 Å². The van der Waals surface area contributed by atoms with E-state index in [-0.39, 0.29) is 5.91 Å². The molecule has 6 heteroatoms. The summed E-state index contributed by atoms with van der Waals surface area (Å²) >= 11 is 0. The standard InChI is InChI=1S/C15H19N5O/c21-15(19-4-1-8-20-9-7-16-11-20)12-2-3-13-14(10-12)18-6-5-17-13/h2-3,7,9-11,17-18H,1,4-6,8H2,(H,19,21). The molecule has 0 atom stereocenters. The van der Waals surface area contributed by atoms with Crippen LogP contribution in [0.25, 0.3) is 0 Å². The summed E-state index contributed by atoms with van der Waals surface area (Å²) in [6.45, 7) is 3.30. The van der Waals surface area contributed by atoms with Crippen molar-refractivity contribution >= 4 is 17.3 Å². The van der Waals surface area contributed by atoms with Gasteiger partial charge in [-0.1, -0.05) is 0 Å². The average Bonchev–Trinajstić information content (AvgIpc) is 3.04. The molecule has 1 aromatic carbocycles. The largest absolute Gasteiger partial charge is 0.382 e. The van der Waals surface area contributed by atoms with E-state index in [0.717, 1.165) is 37.4 Å². The normalized spacial score (nSPS) is 13.0. The zero-order valence-corrected chi connectivity index (χ0v) is 11.8. The van der Waals surface area contributed by atoms with Crippen LogP contribution >= 0.6 is 0 Å². The molecule has 1 aliphatic rings. The van der Waals surface area contributed by atoms with Gasteiger partial charge < -0.3 is 20.5 Å². The molecular weight excluding hydrogens is 266 g/mol. The maximum absolute atomic E-state index is 12.1. The first-order valence-electron chi connectivity index (χ1n) is 7.19. The van der Waals surface area contributed by atoms with Crippen LogP contribution in [0.3, 0.4) is 0 Å². The van der Waals surface area contributed by atoms with Crippen molar-refractivity contribution in [1.29, 1.82) is 0 Å². The van der Waals surface area contributed by atoms with Gasteiger partial charge in [0.05, 0.1) is 17.7 Å². The van der Waals surface area contributed by atoms with Crippen molar-refractivity contribution in [2.75, 3.05) is 30.3 Å². The summed E-state index contributed by atoms with van der Waals surface area (Å²) in [5, 5.41) is 9.53. The molecule has 0 aliphatic carbocycles. The number of hydrogen-bond donors (Lipinski definition) is 3. The molecule has 1 amide bonds. The average molecular weight is 285 g/mol. The Balaban J connectivity index is 1.51. The number of aromatic nitrogens is 2. The van der Waals surface area contributed by atoms with Crippen molar-refractivity contribution in [2.24, 2.45) is 0 Å². The monoisotopic (exact) mass is 285 g/mol. The van der Waals surface area contributed by atoms with Crippen LogP contribution in [0.5, 0.6) is 0 Å². The molecule has 110 valence electrons. The maximum Gasteiger partial charge on any atom is 0.251 e. The molecule has 21 heavy (non-hydrogen) atoms. The van der Waals surface area contributed by atoms with Crippen molar-refractivity contribution in [1.82, 2.24) is 14.9 Å². The molecule has 2 heterocycles. The van der Waals surface area contributed by atoms with Gasteiger partial charge in [0.25, 0.3) is 5.91 Å². The highest BCUT2D eigenvalue weighted by Crippen LogP contribution is 2.25. The minimum absolute atomic E-state index is 0.0317. The quantitative estimate of drug-likeness (QED) is 0.729. The molecule has 0 bridgehead atoms. The third-order valence-electron chi connectivity index (χ3n) is 3.48. The van der Waals surface area contributed by atoms with Gasteiger partial charge in [-0.3, -0.25) is 4.79 Å². The SMILES string of the molecule is O=C(NCCCn1ccnc1)c1ccc2c(c1)NCCN2. The van der Waals surface area contributed by atoms with Crippen LogP contribution in [0.2, 0.25) is 0 Å². The molecule has 0 saturated carbocycles. The summed E-state index contributed by atoms with van der Waals surface area (Å²) in [5.41, 5.74) is 2.73. The second kappa shape index (κ2) is 6.30. The van der Waals surface area contributed by atoms with Gasteiger partial charge >= 0.3 is 0 Å². The molecule has 0 radical (unpaired) electrons. The Kier molecular flexibility index (Phi) is 4.04. The lowest BCUT2D eigenvalue weighted by Gasteiger charge is -2.20. The van der Waals surface area contributed by atoms with Gasteiger partial charge in [0.2, 0.25) is 0 Å². The number of nitrogens with zero attached hydrogens (tertiary/aromatic N) is 2. The fourth-order valence-electron chi connectivity index (χ4n) is 2.36. The van der Waals surface area contributed by atoms with Crippen LogP contribution in [-0.2, 0) is 6.54 Å². The smallest absolute Gasteiger partial charge is 0.251 e. The van der Waals surface area contributed by atoms with E-state index in [0.29, 0.717) is 12.1 Å². The van der Waals surface area contributed by atoms with Gasteiger partial charge in [-0.25, -0.2) is 4.98 Å². The molecule has 3 N–H and O–H groups in total. The summed E-state index contributed by atoms with van der Waals surface area (Å²) in [5.74, 6) is -0.0317. The van der Waals surface area contributed by atoms with E-state index in [1.165, 1.54) is 0 Å². The number of imidazole rings is 1. The Morgan fingerprint density at radius 3 is 2.95 bits per heavy atom. The van der Waals surface area contributed by atoms with E-state index >= 15 is 0 Å². The highest BCUT2D eigenvalue weighted by Gasteiger charge is 2.11. The van der Waals surface area contributed by atoms with Crippen LogP contribution in [0.4, 0.5) is 11.4 Å². The summed E-state index contributed by atoms with van der Waals surface area (Å²) in [7, 11) is 0. The predicted octanol–water partition coefficient (Wildman–Crippen LogP) is 1.54. The number of carbonyl (C=O) groups is 1. The lowest BCUT2D eigenvalue weighted by Crippen LogP contribution is -2.26. The lowest BCUT2D eigenvalue weighted by molar-refractivity contribution is 0.0953. The fourth-order valence-corrected chi connectivity index (χ4v) is 2.36. The Bertz CT molecular complexity index is 609. The number of anilines is 2. The molecular formula is C15H19N5O. The minimum atomic E-state index is -0.0317. The van der Waals surface area contributed by atoms with Crippen LogP contribution in [0, 0.1) is 0 Å². The van der Waals surface area contributed by atoms with Crippen molar-refractivity contribution in [3.63, 3.8) is 0 Å². The third-order valence-corrected chi connectivity index (χ3v) is 3.48. The third kappa shape index (κ3) is 3.34. The lowest BCUT2D eigenvalue weighted by atomic mass is 10.1. The molecule has 0 saturated heterocycles. The first-order valence-corrected chi connectivity index (χ1v) is 7.19. The van der Waals surface area contributed by atoms with Gasteiger partial charge in [0.1, 0.15) is 0 Å². The van der Waals surface area contributed by atoms with Crippen LogP contribution in [0.15, 0.2) is 36.9 Å². The van der Waals surface area contributed by atoms with E-state index in [1.54, 1.807) is 12.5 Å². The molecule has 0 spiro atoms. The van der Waals surface area contributed by atoms with Gasteiger partial charge in [-0.15, -0.1) is 0 Å². The summed E-state index contributed by atoms with van der Waals surface area (Å²) in [6, 6.07) is 5.69. The van der Waals surface area contributed by atoms with E-state index in [4.69, 9.17) is 0 Å². The Labute approximate surface area is 123 Å². The van der Waals surface area contributed by atoms with Crippen molar-refractivity contribution in [3.05, 3.63) is 42.5 Å². The first kappa shape index (κ1) is 13.5. The number of benzene rings is 1. The van der Waals surface area contributed by atoms with E-state index < -0.39 is 0 Å². The summed E-state index contributed by atoms with van der Waals surface area (Å²) in [4.78, 5) is 16.1. The zero-order chi connectivity index (χ0) is 14.5. The Hall–Kier alpha value is -2.50. The number of amides is 1. The molecule has 2 aromatic rings. The summed E-state index contributed by atoms with van der Waals surface area (Å²) in [6.07, 6.45) is 6.34. The fraction of sp³-hybridized carbons (Fsp3) is 0.333. The second-order valence-corrected chi connectivity index (χ2v) is 5.02. The van der Waals surface area contributed by atoms with E-state index in [2.05, 4.69) is 20.9 Å². The van der Waals surface area contributed by atoms with Crippen molar-refractivity contribution < 1.29 is 4.79 Å².